The number of esters is 1. The molecule has 0 amide bonds. The second-order valence-electron chi connectivity index (χ2n) is 7.30. The van der Waals surface area contributed by atoms with Gasteiger partial charge in [-0.25, -0.2) is 9.59 Å². The number of pyridine rings is 1. The summed E-state index contributed by atoms with van der Waals surface area (Å²) in [6, 6.07) is 5.30. The van der Waals surface area contributed by atoms with E-state index in [-0.39, 0.29) is 5.57 Å². The number of dihydropyridines is 1. The van der Waals surface area contributed by atoms with E-state index in [2.05, 4.69) is 10.3 Å². The molecule has 0 aromatic carbocycles. The molecular weight excluding hydrogens is 344 g/mol. The van der Waals surface area contributed by atoms with E-state index in [1.165, 1.54) is 19.3 Å². The Morgan fingerprint density at radius 1 is 1.15 bits per heavy atom. The van der Waals surface area contributed by atoms with Gasteiger partial charge in [-0.1, -0.05) is 25.3 Å². The van der Waals surface area contributed by atoms with Crippen LogP contribution in [-0.2, 0) is 14.3 Å². The van der Waals surface area contributed by atoms with Crippen LogP contribution in [-0.4, -0.2) is 28.6 Å². The molecule has 6 heteroatoms. The van der Waals surface area contributed by atoms with Crippen molar-refractivity contribution >= 4 is 11.9 Å². The summed E-state index contributed by atoms with van der Waals surface area (Å²) in [5.41, 5.74) is 2.11. The number of hydrogen-bond donors (Lipinski definition) is 2. The largest absolute Gasteiger partial charge is 0.478 e. The summed E-state index contributed by atoms with van der Waals surface area (Å²) < 4.78 is 5.63. The quantitative estimate of drug-likeness (QED) is 0.771. The lowest BCUT2D eigenvalue weighted by molar-refractivity contribution is -0.141. The maximum Gasteiger partial charge on any atom is 0.336 e. The molecule has 1 unspecified atom stereocenters. The number of ether oxygens (including phenoxy) is 1. The van der Waals surface area contributed by atoms with Crippen LogP contribution in [0.25, 0.3) is 0 Å². The number of aromatic nitrogens is 1. The van der Waals surface area contributed by atoms with E-state index >= 15 is 0 Å². The Hall–Kier alpha value is -2.63. The van der Waals surface area contributed by atoms with Gasteiger partial charge in [-0.15, -0.1) is 0 Å². The van der Waals surface area contributed by atoms with Gasteiger partial charge in [0.25, 0.3) is 0 Å². The minimum atomic E-state index is -1.07. The van der Waals surface area contributed by atoms with Gasteiger partial charge in [0, 0.05) is 17.6 Å². The first-order chi connectivity index (χ1) is 13.0. The number of carboxylic acid groups (broad SMARTS) is 1. The Balaban J connectivity index is 1.89. The number of nitrogens with one attached hydrogen (secondary N) is 1. The Morgan fingerprint density at radius 2 is 1.85 bits per heavy atom. The molecule has 0 spiro atoms. The Kier molecular flexibility index (Phi) is 5.94. The van der Waals surface area contributed by atoms with Gasteiger partial charge in [-0.3, -0.25) is 4.98 Å². The fourth-order valence-corrected chi connectivity index (χ4v) is 4.02. The minimum absolute atomic E-state index is 0.129. The van der Waals surface area contributed by atoms with Crippen LogP contribution in [0.3, 0.4) is 0 Å². The van der Waals surface area contributed by atoms with Crippen molar-refractivity contribution in [3.63, 3.8) is 0 Å². The molecule has 2 aliphatic rings. The summed E-state index contributed by atoms with van der Waals surface area (Å²) in [6.45, 7) is 3.86. The van der Waals surface area contributed by atoms with E-state index in [0.717, 1.165) is 12.8 Å². The van der Waals surface area contributed by atoms with Crippen molar-refractivity contribution in [2.75, 3.05) is 6.61 Å². The van der Waals surface area contributed by atoms with Crippen molar-refractivity contribution < 1.29 is 19.4 Å². The molecule has 1 aromatic heterocycles. The van der Waals surface area contributed by atoms with Crippen LogP contribution in [0, 0.1) is 5.92 Å². The molecule has 3 rings (SSSR count). The van der Waals surface area contributed by atoms with Crippen molar-refractivity contribution in [3.8, 4) is 0 Å². The van der Waals surface area contributed by atoms with Gasteiger partial charge in [-0.05, 0) is 44.7 Å². The zero-order valence-corrected chi connectivity index (χ0v) is 15.8. The smallest absolute Gasteiger partial charge is 0.336 e. The van der Waals surface area contributed by atoms with Crippen LogP contribution in [0.4, 0.5) is 0 Å². The summed E-state index contributed by atoms with van der Waals surface area (Å²) in [5.74, 6) is -1.89. The summed E-state index contributed by atoms with van der Waals surface area (Å²) >= 11 is 0. The molecule has 1 aromatic rings. The van der Waals surface area contributed by atoms with Crippen LogP contribution in [0.15, 0.2) is 46.9 Å². The molecule has 144 valence electrons. The third-order valence-electron chi connectivity index (χ3n) is 5.37. The van der Waals surface area contributed by atoms with Crippen LogP contribution in [0.2, 0.25) is 0 Å². The molecule has 1 atom stereocenters. The minimum Gasteiger partial charge on any atom is -0.478 e. The normalized spacial score (nSPS) is 21.0. The first-order valence-corrected chi connectivity index (χ1v) is 9.49. The van der Waals surface area contributed by atoms with Crippen LogP contribution in [0.1, 0.15) is 57.6 Å². The lowest BCUT2D eigenvalue weighted by Gasteiger charge is -2.29. The fourth-order valence-electron chi connectivity index (χ4n) is 4.02. The fraction of sp³-hybridized carbons (Fsp3) is 0.476. The molecule has 27 heavy (non-hydrogen) atoms. The first kappa shape index (κ1) is 19.1. The first-order valence-electron chi connectivity index (χ1n) is 9.49. The monoisotopic (exact) mass is 370 g/mol. The molecule has 2 N–H and O–H groups in total. The highest BCUT2D eigenvalue weighted by atomic mass is 16.5. The predicted molar refractivity (Wildman–Crippen MR) is 101 cm³/mol. The Bertz CT molecular complexity index is 777. The maximum atomic E-state index is 12.9. The summed E-state index contributed by atoms with van der Waals surface area (Å²) in [6.07, 6.45) is 7.35. The molecule has 1 aliphatic heterocycles. The van der Waals surface area contributed by atoms with E-state index in [0.29, 0.717) is 35.2 Å². The SMILES string of the molecule is CC1=C(C(=O)O)C(c2ccccn2)C(C(=O)OCC2CCCCC2)=C(C)N1. The molecule has 0 saturated heterocycles. The predicted octanol–water partition coefficient (Wildman–Crippen LogP) is 3.52. The van der Waals surface area contributed by atoms with Crippen molar-refractivity contribution in [1.29, 1.82) is 0 Å². The van der Waals surface area contributed by atoms with Crippen LogP contribution in [0.5, 0.6) is 0 Å². The topological polar surface area (TPSA) is 88.5 Å². The number of allylic oxidation sites excluding steroid dienone is 2. The summed E-state index contributed by atoms with van der Waals surface area (Å²) in [4.78, 5) is 29.2. The number of rotatable bonds is 5. The number of nitrogens with zero attached hydrogens (tertiary/aromatic N) is 1. The zero-order chi connectivity index (χ0) is 19.4. The van der Waals surface area contributed by atoms with Gasteiger partial charge in [0.05, 0.1) is 29.4 Å². The maximum absolute atomic E-state index is 12.9. The number of carbonyl (C=O) groups is 2. The van der Waals surface area contributed by atoms with E-state index in [1.54, 1.807) is 38.2 Å². The van der Waals surface area contributed by atoms with Crippen LogP contribution >= 0.6 is 0 Å². The number of carboxylic acids is 1. The highest BCUT2D eigenvalue weighted by molar-refractivity contribution is 5.99. The average molecular weight is 370 g/mol. The van der Waals surface area contributed by atoms with Crippen molar-refractivity contribution in [2.24, 2.45) is 5.92 Å². The van der Waals surface area contributed by atoms with Crippen molar-refractivity contribution in [3.05, 3.63) is 52.6 Å². The number of hydrogen-bond acceptors (Lipinski definition) is 5. The molecule has 6 nitrogen and oxygen atoms in total. The number of aliphatic carboxylic acids is 1. The second-order valence-corrected chi connectivity index (χ2v) is 7.30. The summed E-state index contributed by atoms with van der Waals surface area (Å²) in [7, 11) is 0. The molecule has 2 heterocycles. The van der Waals surface area contributed by atoms with E-state index in [9.17, 15) is 14.7 Å². The van der Waals surface area contributed by atoms with E-state index in [4.69, 9.17) is 4.74 Å². The highest BCUT2D eigenvalue weighted by Crippen LogP contribution is 2.38. The van der Waals surface area contributed by atoms with Gasteiger partial charge >= 0.3 is 11.9 Å². The van der Waals surface area contributed by atoms with E-state index < -0.39 is 17.9 Å². The standard InChI is InChI=1S/C21H26N2O4/c1-13-17(20(24)25)19(16-10-6-7-11-22-16)18(14(2)23-13)21(26)27-12-15-8-4-3-5-9-15/h6-7,10-11,15,19,23H,3-5,8-9,12H2,1-2H3,(H,24,25). The molecule has 1 saturated carbocycles. The van der Waals surface area contributed by atoms with Gasteiger partial charge in [0.1, 0.15) is 0 Å². The van der Waals surface area contributed by atoms with Gasteiger partial charge < -0.3 is 15.2 Å². The van der Waals surface area contributed by atoms with Crippen LogP contribution < -0.4 is 5.32 Å². The Morgan fingerprint density at radius 3 is 2.48 bits per heavy atom. The number of carbonyl (C=O) groups excluding carboxylic acids is 1. The molecular formula is C21H26N2O4. The lowest BCUT2D eigenvalue weighted by Crippen LogP contribution is -2.32. The molecule has 1 aliphatic carbocycles. The van der Waals surface area contributed by atoms with Gasteiger partial charge in [0.2, 0.25) is 0 Å². The molecule has 1 fully saturated rings. The second kappa shape index (κ2) is 8.37. The molecule has 0 radical (unpaired) electrons. The third-order valence-corrected chi connectivity index (χ3v) is 5.37. The van der Waals surface area contributed by atoms with E-state index in [1.807, 2.05) is 0 Å². The van der Waals surface area contributed by atoms with Gasteiger partial charge in [0.15, 0.2) is 0 Å². The lowest BCUT2D eigenvalue weighted by atomic mass is 9.82. The Labute approximate surface area is 159 Å². The van der Waals surface area contributed by atoms with Crippen molar-refractivity contribution in [1.82, 2.24) is 10.3 Å². The average Bonchev–Trinajstić information content (AvgIpc) is 2.66. The third kappa shape index (κ3) is 4.21. The summed E-state index contributed by atoms with van der Waals surface area (Å²) in [5, 5.41) is 12.8. The zero-order valence-electron chi connectivity index (χ0n) is 15.8. The molecule has 0 bridgehead atoms. The van der Waals surface area contributed by atoms with Gasteiger partial charge in [-0.2, -0.15) is 0 Å². The highest BCUT2D eigenvalue weighted by Gasteiger charge is 2.38. The van der Waals surface area contributed by atoms with Crippen molar-refractivity contribution in [2.45, 2.75) is 51.9 Å².